The number of aromatic nitrogens is 1. The summed E-state index contributed by atoms with van der Waals surface area (Å²) < 4.78 is 7.60. The molecule has 1 heterocycles. The molecule has 0 bridgehead atoms. The Morgan fingerprint density at radius 1 is 1.22 bits per heavy atom. The summed E-state index contributed by atoms with van der Waals surface area (Å²) in [5.74, 6) is -2.56. The summed E-state index contributed by atoms with van der Waals surface area (Å²) in [4.78, 5) is 35.4. The Kier molecular flexibility index (Phi) is 5.21. The summed E-state index contributed by atoms with van der Waals surface area (Å²) in [7, 11) is 0. The smallest absolute Gasteiger partial charge is 0.341 e. The zero-order chi connectivity index (χ0) is 19.7. The van der Waals surface area contributed by atoms with Crippen molar-refractivity contribution in [1.82, 2.24) is 4.57 Å². The van der Waals surface area contributed by atoms with Gasteiger partial charge in [-0.1, -0.05) is 6.92 Å². The van der Waals surface area contributed by atoms with E-state index < -0.39 is 24.3 Å². The minimum atomic E-state index is -1.10. The number of ketones is 1. The average molecular weight is 372 g/mol. The van der Waals surface area contributed by atoms with Crippen molar-refractivity contribution >= 4 is 28.6 Å². The third-order valence-electron chi connectivity index (χ3n) is 5.17. The van der Waals surface area contributed by atoms with Gasteiger partial charge in [-0.25, -0.2) is 4.79 Å². The number of Topliss-reactive ketones (excluding diaryl/α,β-unsaturated/α-hetero) is 1. The summed E-state index contributed by atoms with van der Waals surface area (Å²) in [5, 5.41) is 9.55. The highest BCUT2D eigenvalue weighted by Gasteiger charge is 2.30. The van der Waals surface area contributed by atoms with E-state index in [2.05, 4.69) is 0 Å². The Bertz CT molecular complexity index is 942. The number of hydrogen-bond donors (Lipinski definition) is 2. The van der Waals surface area contributed by atoms with Crippen LogP contribution in [-0.2, 0) is 35.4 Å². The fourth-order valence-corrected chi connectivity index (χ4v) is 4.15. The van der Waals surface area contributed by atoms with E-state index in [1.54, 1.807) is 0 Å². The van der Waals surface area contributed by atoms with Gasteiger partial charge in [0.25, 0.3) is 11.7 Å². The van der Waals surface area contributed by atoms with Crippen LogP contribution < -0.4 is 10.5 Å². The molecule has 7 nitrogen and oxygen atoms in total. The van der Waals surface area contributed by atoms with Gasteiger partial charge in [-0.3, -0.25) is 9.59 Å². The van der Waals surface area contributed by atoms with E-state index >= 15 is 0 Å². The van der Waals surface area contributed by atoms with Crippen LogP contribution in [0.25, 0.3) is 10.9 Å². The van der Waals surface area contributed by atoms with E-state index in [1.807, 2.05) is 24.5 Å². The lowest BCUT2D eigenvalue weighted by Gasteiger charge is -2.20. The van der Waals surface area contributed by atoms with Gasteiger partial charge >= 0.3 is 5.97 Å². The lowest BCUT2D eigenvalue weighted by Crippen LogP contribution is -2.24. The molecular weight excluding hydrogens is 348 g/mol. The summed E-state index contributed by atoms with van der Waals surface area (Å²) in [6.45, 7) is 4.01. The Hall–Kier alpha value is -2.83. The number of carbonyl (C=O) groups is 3. The second kappa shape index (κ2) is 7.42. The van der Waals surface area contributed by atoms with Crippen LogP contribution in [0.5, 0.6) is 5.75 Å². The number of amides is 1. The van der Waals surface area contributed by atoms with Crippen molar-refractivity contribution in [1.29, 1.82) is 0 Å². The van der Waals surface area contributed by atoms with Gasteiger partial charge < -0.3 is 20.1 Å². The molecule has 1 aromatic carbocycles. The SMILES string of the molecule is CCc1c(C(=O)C(N)=O)c2c(OCC(=O)O)cc3c(c2n1CC)CCCC3. The van der Waals surface area contributed by atoms with Crippen molar-refractivity contribution in [2.45, 2.75) is 52.5 Å². The maximum Gasteiger partial charge on any atom is 0.341 e. The predicted molar refractivity (Wildman–Crippen MR) is 100 cm³/mol. The molecule has 144 valence electrons. The summed E-state index contributed by atoms with van der Waals surface area (Å²) in [6, 6.07) is 1.83. The Labute approximate surface area is 157 Å². The van der Waals surface area contributed by atoms with Crippen LogP contribution in [0.1, 0.15) is 53.9 Å². The molecule has 1 amide bonds. The number of ether oxygens (including phenoxy) is 1. The molecule has 2 aromatic rings. The van der Waals surface area contributed by atoms with Gasteiger partial charge in [0.15, 0.2) is 6.61 Å². The first-order valence-electron chi connectivity index (χ1n) is 9.29. The van der Waals surface area contributed by atoms with Crippen molar-refractivity contribution in [3.8, 4) is 5.75 Å². The zero-order valence-corrected chi connectivity index (χ0v) is 15.6. The van der Waals surface area contributed by atoms with E-state index in [0.717, 1.165) is 48.0 Å². The van der Waals surface area contributed by atoms with Crippen LogP contribution in [0.2, 0.25) is 0 Å². The maximum atomic E-state index is 12.7. The molecule has 1 aliphatic rings. The highest BCUT2D eigenvalue weighted by atomic mass is 16.5. The summed E-state index contributed by atoms with van der Waals surface area (Å²) in [6.07, 6.45) is 4.40. The monoisotopic (exact) mass is 372 g/mol. The average Bonchev–Trinajstić information content (AvgIpc) is 2.99. The number of aliphatic carboxylic acids is 1. The molecule has 3 N–H and O–H groups in total. The van der Waals surface area contributed by atoms with Gasteiger partial charge in [0, 0.05) is 12.2 Å². The molecule has 1 aromatic heterocycles. The van der Waals surface area contributed by atoms with Crippen molar-refractivity contribution in [2.75, 3.05) is 6.61 Å². The van der Waals surface area contributed by atoms with E-state index in [1.165, 1.54) is 0 Å². The highest BCUT2D eigenvalue weighted by molar-refractivity contribution is 6.45. The molecule has 0 radical (unpaired) electrons. The van der Waals surface area contributed by atoms with Gasteiger partial charge in [0.05, 0.1) is 16.5 Å². The van der Waals surface area contributed by atoms with Gasteiger partial charge in [-0.2, -0.15) is 0 Å². The molecule has 1 aliphatic carbocycles. The number of hydrogen-bond acceptors (Lipinski definition) is 4. The fourth-order valence-electron chi connectivity index (χ4n) is 4.15. The molecule has 27 heavy (non-hydrogen) atoms. The summed E-state index contributed by atoms with van der Waals surface area (Å²) >= 11 is 0. The third kappa shape index (κ3) is 3.18. The number of benzene rings is 1. The van der Waals surface area contributed by atoms with Crippen LogP contribution in [0, 0.1) is 0 Å². The second-order valence-corrected chi connectivity index (χ2v) is 6.74. The molecule has 0 spiro atoms. The first kappa shape index (κ1) is 18.9. The lowest BCUT2D eigenvalue weighted by atomic mass is 9.88. The first-order chi connectivity index (χ1) is 12.9. The fraction of sp³-hybridized carbons (Fsp3) is 0.450. The topological polar surface area (TPSA) is 112 Å². The number of primary amides is 1. The Morgan fingerprint density at radius 2 is 1.93 bits per heavy atom. The van der Waals surface area contributed by atoms with Crippen LogP contribution >= 0.6 is 0 Å². The first-order valence-corrected chi connectivity index (χ1v) is 9.29. The molecule has 7 heteroatoms. The van der Waals surface area contributed by atoms with Crippen molar-refractivity contribution in [3.05, 3.63) is 28.5 Å². The van der Waals surface area contributed by atoms with Crippen LogP contribution in [0.3, 0.4) is 0 Å². The molecular formula is C20H24N2O5. The molecule has 0 fully saturated rings. The number of rotatable bonds is 7. The Morgan fingerprint density at radius 3 is 2.52 bits per heavy atom. The number of carbonyl (C=O) groups excluding carboxylic acids is 2. The zero-order valence-electron chi connectivity index (χ0n) is 15.6. The minimum absolute atomic E-state index is 0.246. The van der Waals surface area contributed by atoms with E-state index in [0.29, 0.717) is 24.1 Å². The largest absolute Gasteiger partial charge is 0.481 e. The van der Waals surface area contributed by atoms with Crippen molar-refractivity contribution < 1.29 is 24.2 Å². The number of nitrogens with zero attached hydrogens (tertiary/aromatic N) is 1. The van der Waals surface area contributed by atoms with Crippen LogP contribution in [0.15, 0.2) is 6.07 Å². The highest BCUT2D eigenvalue weighted by Crippen LogP contribution is 2.41. The lowest BCUT2D eigenvalue weighted by molar-refractivity contribution is -0.139. The standard InChI is InChI=1S/C20H24N2O5/c1-3-13-16(19(25)20(21)26)17-14(27-10-15(23)24)9-11-7-5-6-8-12(11)18(17)22(13)4-2/h9H,3-8,10H2,1-2H3,(H2,21,26)(H,23,24). The molecule has 0 saturated heterocycles. The number of aryl methyl sites for hydroxylation is 3. The third-order valence-corrected chi connectivity index (χ3v) is 5.17. The van der Waals surface area contributed by atoms with E-state index in [-0.39, 0.29) is 5.56 Å². The molecule has 0 saturated carbocycles. The number of nitrogens with two attached hydrogens (primary N) is 1. The number of carboxylic acid groups (broad SMARTS) is 1. The van der Waals surface area contributed by atoms with Crippen molar-refractivity contribution in [3.63, 3.8) is 0 Å². The van der Waals surface area contributed by atoms with Gasteiger partial charge in [-0.15, -0.1) is 0 Å². The molecule has 0 atom stereocenters. The van der Waals surface area contributed by atoms with Gasteiger partial charge in [-0.05, 0) is 56.2 Å². The van der Waals surface area contributed by atoms with Gasteiger partial charge in [0.2, 0.25) is 0 Å². The van der Waals surface area contributed by atoms with Crippen molar-refractivity contribution in [2.24, 2.45) is 5.73 Å². The maximum absolute atomic E-state index is 12.7. The second-order valence-electron chi connectivity index (χ2n) is 6.74. The number of fused-ring (bicyclic) bond motifs is 3. The van der Waals surface area contributed by atoms with Crippen LogP contribution in [0.4, 0.5) is 0 Å². The Balaban J connectivity index is 2.42. The van der Waals surface area contributed by atoms with Gasteiger partial charge in [0.1, 0.15) is 5.75 Å². The van der Waals surface area contributed by atoms with Crippen LogP contribution in [-0.4, -0.2) is 33.9 Å². The number of carboxylic acids is 1. The van der Waals surface area contributed by atoms with E-state index in [4.69, 9.17) is 15.6 Å². The minimum Gasteiger partial charge on any atom is -0.481 e. The normalized spacial score (nSPS) is 13.4. The molecule has 0 aliphatic heterocycles. The van der Waals surface area contributed by atoms with E-state index in [9.17, 15) is 14.4 Å². The summed E-state index contributed by atoms with van der Waals surface area (Å²) in [5.41, 5.74) is 9.43. The predicted octanol–water partition coefficient (Wildman–Crippen LogP) is 2.23. The molecule has 0 unspecified atom stereocenters. The quantitative estimate of drug-likeness (QED) is 0.572. The molecule has 3 rings (SSSR count).